The summed E-state index contributed by atoms with van der Waals surface area (Å²) >= 11 is 9.06. The Morgan fingerprint density at radius 2 is 2.14 bits per heavy atom. The molecule has 1 aliphatic rings. The number of amides is 1. The number of fused-ring (bicyclic) bond motifs is 2. The maximum atomic E-state index is 12.8. The van der Waals surface area contributed by atoms with Gasteiger partial charge in [0.1, 0.15) is 5.52 Å². The van der Waals surface area contributed by atoms with Gasteiger partial charge in [0.05, 0.1) is 21.0 Å². The summed E-state index contributed by atoms with van der Waals surface area (Å²) in [5.74, 6) is 0.732. The van der Waals surface area contributed by atoms with Crippen LogP contribution in [0.3, 0.4) is 0 Å². The summed E-state index contributed by atoms with van der Waals surface area (Å²) in [5.41, 5.74) is 2.43. The number of nitrogens with zero attached hydrogens (tertiary/aromatic N) is 3. The Labute approximate surface area is 181 Å². The first-order valence-electron chi connectivity index (χ1n) is 9.48. The third-order valence-electron chi connectivity index (χ3n) is 5.08. The predicted molar refractivity (Wildman–Crippen MR) is 118 cm³/mol. The number of carbonyl (C=O) groups is 1. The Bertz CT molecular complexity index is 1160. The molecule has 0 saturated carbocycles. The lowest BCUT2D eigenvalue weighted by molar-refractivity contribution is -0.129. The van der Waals surface area contributed by atoms with Gasteiger partial charge in [-0.25, -0.2) is 9.97 Å². The number of hydrogen-bond donors (Lipinski definition) is 0. The quantitative estimate of drug-likeness (QED) is 0.385. The number of rotatable bonds is 4. The molecule has 1 unspecified atom stereocenters. The van der Waals surface area contributed by atoms with Gasteiger partial charge in [-0.1, -0.05) is 35.5 Å². The summed E-state index contributed by atoms with van der Waals surface area (Å²) in [6.07, 6.45) is 2.07. The maximum absolute atomic E-state index is 12.8. The SMILES string of the molecule is O=C(CSc1nc2ccc(Cl)cc2o1)N1CCCC(c2nc3ccccc3s2)C1. The highest BCUT2D eigenvalue weighted by atomic mass is 35.5. The number of piperidine rings is 1. The molecule has 8 heteroatoms. The summed E-state index contributed by atoms with van der Waals surface area (Å²) in [5, 5.41) is 2.23. The van der Waals surface area contributed by atoms with Gasteiger partial charge < -0.3 is 9.32 Å². The molecule has 0 aliphatic carbocycles. The van der Waals surface area contributed by atoms with Crippen LogP contribution in [0.5, 0.6) is 0 Å². The Kier molecular flexibility index (Phi) is 5.20. The number of aromatic nitrogens is 2. The van der Waals surface area contributed by atoms with E-state index in [4.69, 9.17) is 21.0 Å². The number of thioether (sulfide) groups is 1. The smallest absolute Gasteiger partial charge is 0.257 e. The highest BCUT2D eigenvalue weighted by molar-refractivity contribution is 7.99. The topological polar surface area (TPSA) is 59.2 Å². The van der Waals surface area contributed by atoms with E-state index in [0.717, 1.165) is 42.0 Å². The number of carbonyl (C=O) groups excluding carboxylic acids is 1. The van der Waals surface area contributed by atoms with Gasteiger partial charge in [-0.15, -0.1) is 11.3 Å². The number of halogens is 1. The number of benzene rings is 2. The van der Waals surface area contributed by atoms with Gasteiger partial charge >= 0.3 is 0 Å². The minimum Gasteiger partial charge on any atom is -0.431 e. The van der Waals surface area contributed by atoms with Crippen LogP contribution in [-0.4, -0.2) is 39.6 Å². The molecule has 4 aromatic rings. The molecule has 1 amide bonds. The highest BCUT2D eigenvalue weighted by Gasteiger charge is 2.27. The van der Waals surface area contributed by atoms with Crippen molar-refractivity contribution in [1.29, 1.82) is 0 Å². The first-order chi connectivity index (χ1) is 14.2. The van der Waals surface area contributed by atoms with E-state index >= 15 is 0 Å². The van der Waals surface area contributed by atoms with Crippen molar-refractivity contribution in [3.8, 4) is 0 Å². The van der Waals surface area contributed by atoms with E-state index < -0.39 is 0 Å². The van der Waals surface area contributed by atoms with E-state index in [2.05, 4.69) is 11.1 Å². The van der Waals surface area contributed by atoms with Gasteiger partial charge in [0, 0.05) is 30.1 Å². The molecular weight excluding hydrogens is 426 g/mol. The number of likely N-dealkylation sites (tertiary alicyclic amines) is 1. The zero-order valence-corrected chi connectivity index (χ0v) is 17.9. The van der Waals surface area contributed by atoms with E-state index in [1.807, 2.05) is 29.2 Å². The molecule has 2 aromatic carbocycles. The Hall–Kier alpha value is -2.09. The van der Waals surface area contributed by atoms with Crippen LogP contribution in [0.2, 0.25) is 5.02 Å². The molecule has 1 aliphatic heterocycles. The standard InChI is InChI=1S/C21H18ClN3O2S2/c22-14-7-8-15-17(10-14)27-21(24-15)28-12-19(26)25-9-3-4-13(11-25)20-23-16-5-1-2-6-18(16)29-20/h1-2,5-8,10,13H,3-4,9,11-12H2. The average molecular weight is 444 g/mol. The lowest BCUT2D eigenvalue weighted by atomic mass is 9.99. The largest absolute Gasteiger partial charge is 0.431 e. The maximum Gasteiger partial charge on any atom is 0.257 e. The molecule has 1 saturated heterocycles. The summed E-state index contributed by atoms with van der Waals surface area (Å²) < 4.78 is 6.91. The number of oxazole rings is 1. The molecule has 29 heavy (non-hydrogen) atoms. The van der Waals surface area contributed by atoms with Crippen molar-refractivity contribution < 1.29 is 9.21 Å². The molecule has 0 spiro atoms. The predicted octanol–water partition coefficient (Wildman–Crippen LogP) is 5.59. The summed E-state index contributed by atoms with van der Waals surface area (Å²) in [4.78, 5) is 23.9. The number of hydrogen-bond acceptors (Lipinski definition) is 6. The van der Waals surface area contributed by atoms with Crippen molar-refractivity contribution in [3.05, 3.63) is 52.5 Å². The zero-order valence-electron chi connectivity index (χ0n) is 15.5. The van der Waals surface area contributed by atoms with Gasteiger partial charge in [-0.2, -0.15) is 0 Å². The molecule has 1 fully saturated rings. The summed E-state index contributed by atoms with van der Waals surface area (Å²) in [6, 6.07) is 13.5. The Morgan fingerprint density at radius 3 is 3.03 bits per heavy atom. The fourth-order valence-electron chi connectivity index (χ4n) is 3.62. The van der Waals surface area contributed by atoms with Crippen LogP contribution >= 0.6 is 34.7 Å². The van der Waals surface area contributed by atoms with Gasteiger partial charge in [-0.3, -0.25) is 4.79 Å². The average Bonchev–Trinajstić information content (AvgIpc) is 3.35. The normalized spacial score (nSPS) is 17.3. The lowest BCUT2D eigenvalue weighted by Crippen LogP contribution is -2.40. The van der Waals surface area contributed by atoms with E-state index in [-0.39, 0.29) is 5.91 Å². The Balaban J connectivity index is 1.24. The molecule has 0 bridgehead atoms. The minimum absolute atomic E-state index is 0.112. The second-order valence-corrected chi connectivity index (χ2v) is 9.50. The fourth-order valence-corrected chi connectivity index (χ4v) is 5.62. The van der Waals surface area contributed by atoms with Gasteiger partial charge in [0.25, 0.3) is 5.22 Å². The molecule has 2 aromatic heterocycles. The van der Waals surface area contributed by atoms with Gasteiger partial charge in [-0.05, 0) is 37.1 Å². The van der Waals surface area contributed by atoms with Crippen LogP contribution in [-0.2, 0) is 4.79 Å². The third-order valence-corrected chi connectivity index (χ3v) is 7.33. The van der Waals surface area contributed by atoms with Crippen molar-refractivity contribution in [1.82, 2.24) is 14.9 Å². The van der Waals surface area contributed by atoms with Crippen LogP contribution in [0.4, 0.5) is 0 Å². The summed E-state index contributed by atoms with van der Waals surface area (Å²) in [6.45, 7) is 1.52. The monoisotopic (exact) mass is 443 g/mol. The molecule has 5 nitrogen and oxygen atoms in total. The van der Waals surface area contributed by atoms with Gasteiger partial charge in [0.15, 0.2) is 5.58 Å². The molecule has 148 valence electrons. The molecule has 3 heterocycles. The van der Waals surface area contributed by atoms with E-state index in [1.165, 1.54) is 16.5 Å². The van der Waals surface area contributed by atoms with Crippen LogP contribution in [0.15, 0.2) is 52.1 Å². The second-order valence-electron chi connectivity index (χ2n) is 7.08. The minimum atomic E-state index is 0.112. The lowest BCUT2D eigenvalue weighted by Gasteiger charge is -2.31. The number of thiazole rings is 1. The van der Waals surface area contributed by atoms with Crippen LogP contribution in [0.1, 0.15) is 23.8 Å². The highest BCUT2D eigenvalue weighted by Crippen LogP contribution is 2.33. The first kappa shape index (κ1) is 18.9. The van der Waals surface area contributed by atoms with Crippen LogP contribution in [0, 0.1) is 0 Å². The number of para-hydroxylation sites is 1. The van der Waals surface area contributed by atoms with E-state index in [0.29, 0.717) is 27.5 Å². The van der Waals surface area contributed by atoms with Crippen molar-refractivity contribution in [2.75, 3.05) is 18.8 Å². The molecule has 5 rings (SSSR count). The van der Waals surface area contributed by atoms with E-state index in [9.17, 15) is 4.79 Å². The molecule has 0 radical (unpaired) electrons. The molecular formula is C21H18ClN3O2S2. The van der Waals surface area contributed by atoms with E-state index in [1.54, 1.807) is 23.5 Å². The van der Waals surface area contributed by atoms with Crippen molar-refractivity contribution in [3.63, 3.8) is 0 Å². The molecule has 0 N–H and O–H groups in total. The van der Waals surface area contributed by atoms with Gasteiger partial charge in [0.2, 0.25) is 5.91 Å². The first-order valence-corrected chi connectivity index (χ1v) is 11.7. The third kappa shape index (κ3) is 3.99. The Morgan fingerprint density at radius 1 is 1.24 bits per heavy atom. The van der Waals surface area contributed by atoms with Crippen molar-refractivity contribution >= 4 is 61.9 Å². The van der Waals surface area contributed by atoms with Crippen molar-refractivity contribution in [2.24, 2.45) is 0 Å². The molecule has 1 atom stereocenters. The summed E-state index contributed by atoms with van der Waals surface area (Å²) in [7, 11) is 0. The zero-order chi connectivity index (χ0) is 19.8. The van der Waals surface area contributed by atoms with Crippen LogP contribution in [0.25, 0.3) is 21.3 Å². The fraction of sp³-hybridized carbons (Fsp3) is 0.286. The van der Waals surface area contributed by atoms with Crippen molar-refractivity contribution in [2.45, 2.75) is 24.0 Å². The second kappa shape index (κ2) is 7.97. The van der Waals surface area contributed by atoms with Crippen LogP contribution < -0.4 is 0 Å².